The summed E-state index contributed by atoms with van der Waals surface area (Å²) in [6.07, 6.45) is 4.24. The van der Waals surface area contributed by atoms with Crippen LogP contribution in [0.2, 0.25) is 0 Å². The summed E-state index contributed by atoms with van der Waals surface area (Å²) in [5, 5.41) is 10.8. The maximum atomic E-state index is 17.2. The number of rotatable bonds is 4. The molecule has 0 heterocycles. The van der Waals surface area contributed by atoms with Crippen molar-refractivity contribution in [3.63, 3.8) is 0 Å². The lowest BCUT2D eigenvalue weighted by atomic mass is 9.45. The first-order valence-corrected chi connectivity index (χ1v) is 12.7. The number of alkyl halides is 2. The van der Waals surface area contributed by atoms with E-state index in [4.69, 9.17) is 4.74 Å². The van der Waals surface area contributed by atoms with Gasteiger partial charge in [0, 0.05) is 29.1 Å². The molecule has 2 unspecified atom stereocenters. The molecule has 0 saturated heterocycles. The van der Waals surface area contributed by atoms with Gasteiger partial charge in [0.1, 0.15) is 6.01 Å². The van der Waals surface area contributed by atoms with Crippen molar-refractivity contribution in [1.82, 2.24) is 0 Å². The highest BCUT2D eigenvalue weighted by molar-refractivity contribution is 8.13. The molecule has 0 spiro atoms. The van der Waals surface area contributed by atoms with Gasteiger partial charge in [0.25, 0.3) is 0 Å². The van der Waals surface area contributed by atoms with Gasteiger partial charge in [-0.1, -0.05) is 32.4 Å². The average molecular weight is 483 g/mol. The normalized spacial score (nSPS) is 46.2. The smallest absolute Gasteiger partial charge is 0.306 e. The molecule has 0 aliphatic heterocycles. The number of carbonyl (C=O) groups excluding carboxylic acids is 3. The third-order valence-electron chi connectivity index (χ3n) is 9.23. The molecule has 3 saturated carbocycles. The van der Waals surface area contributed by atoms with E-state index in [0.717, 1.165) is 0 Å². The number of allylic oxidation sites excluding steroid dienone is 4. The van der Waals surface area contributed by atoms with Gasteiger partial charge in [-0.3, -0.25) is 14.4 Å². The van der Waals surface area contributed by atoms with Crippen molar-refractivity contribution in [3.8, 4) is 0 Å². The molecule has 0 amide bonds. The molecule has 33 heavy (non-hydrogen) atoms. The van der Waals surface area contributed by atoms with Crippen LogP contribution < -0.4 is 0 Å². The number of aliphatic hydroxyl groups is 1. The highest BCUT2D eigenvalue weighted by atomic mass is 32.2. The number of carbonyl (C=O) groups is 3. The minimum Gasteiger partial charge on any atom is -0.449 e. The van der Waals surface area contributed by atoms with Gasteiger partial charge in [-0.15, -0.1) is 0 Å². The van der Waals surface area contributed by atoms with Crippen LogP contribution in [-0.4, -0.2) is 45.4 Å². The zero-order chi connectivity index (χ0) is 24.4. The van der Waals surface area contributed by atoms with Crippen LogP contribution in [0.1, 0.15) is 59.8 Å². The Morgan fingerprint density at radius 2 is 2.00 bits per heavy atom. The number of esters is 1. The third kappa shape index (κ3) is 3.01. The van der Waals surface area contributed by atoms with Crippen LogP contribution in [0.3, 0.4) is 0 Å². The maximum Gasteiger partial charge on any atom is 0.306 e. The van der Waals surface area contributed by atoms with E-state index in [2.05, 4.69) is 0 Å². The number of thioether (sulfide) groups is 1. The van der Waals surface area contributed by atoms with Crippen LogP contribution in [0.25, 0.3) is 0 Å². The molecule has 0 aromatic heterocycles. The molecule has 0 aromatic rings. The van der Waals surface area contributed by atoms with Crippen LogP contribution in [0.15, 0.2) is 23.8 Å². The van der Waals surface area contributed by atoms with Crippen LogP contribution >= 0.6 is 11.8 Å². The zero-order valence-corrected chi connectivity index (χ0v) is 20.3. The summed E-state index contributed by atoms with van der Waals surface area (Å²) >= 11 is 0.469. The van der Waals surface area contributed by atoms with Crippen LogP contribution in [0.5, 0.6) is 0 Å². The lowest BCUT2D eigenvalue weighted by Crippen LogP contribution is -2.69. The zero-order valence-electron chi connectivity index (χ0n) is 19.5. The summed E-state index contributed by atoms with van der Waals surface area (Å²) in [6, 6.07) is -0.957. The van der Waals surface area contributed by atoms with Gasteiger partial charge in [-0.05, 0) is 62.4 Å². The predicted octanol–water partition coefficient (Wildman–Crippen LogP) is 4.48. The quantitative estimate of drug-likeness (QED) is 0.595. The summed E-state index contributed by atoms with van der Waals surface area (Å²) in [7, 11) is 0. The van der Waals surface area contributed by atoms with Gasteiger partial charge in [0.2, 0.25) is 5.12 Å². The van der Waals surface area contributed by atoms with Crippen LogP contribution in [0, 0.1) is 28.6 Å². The van der Waals surface area contributed by atoms with E-state index in [-0.39, 0.29) is 24.5 Å². The molecular weight excluding hydrogens is 450 g/mol. The van der Waals surface area contributed by atoms with E-state index < -0.39 is 57.1 Å². The van der Waals surface area contributed by atoms with Crippen molar-refractivity contribution in [2.45, 2.75) is 77.2 Å². The molecular formula is C25H32F2O5S. The Morgan fingerprint density at radius 3 is 2.64 bits per heavy atom. The number of hydrogen-bond acceptors (Lipinski definition) is 6. The lowest BCUT2D eigenvalue weighted by molar-refractivity contribution is -0.225. The molecule has 0 aromatic carbocycles. The van der Waals surface area contributed by atoms with E-state index in [1.54, 1.807) is 33.8 Å². The summed E-state index contributed by atoms with van der Waals surface area (Å²) in [6.45, 7) is 6.94. The first-order chi connectivity index (χ1) is 15.4. The second-order valence-electron chi connectivity index (χ2n) is 10.5. The van der Waals surface area contributed by atoms with Crippen LogP contribution in [0.4, 0.5) is 8.78 Å². The first-order valence-electron chi connectivity index (χ1n) is 11.7. The maximum absolute atomic E-state index is 17.2. The molecule has 1 N–H and O–H groups in total. The molecule has 4 rings (SSSR count). The Morgan fingerprint density at radius 1 is 1.30 bits per heavy atom. The van der Waals surface area contributed by atoms with Gasteiger partial charge in [0.05, 0.1) is 6.10 Å². The number of fused-ring (bicyclic) bond motifs is 5. The van der Waals surface area contributed by atoms with E-state index in [0.29, 0.717) is 36.6 Å². The Balaban J connectivity index is 1.84. The fourth-order valence-electron chi connectivity index (χ4n) is 7.63. The van der Waals surface area contributed by atoms with Gasteiger partial charge in [-0.2, -0.15) is 0 Å². The Labute approximate surface area is 197 Å². The summed E-state index contributed by atoms with van der Waals surface area (Å²) < 4.78 is 36.4. The monoisotopic (exact) mass is 482 g/mol. The van der Waals surface area contributed by atoms with E-state index in [1.165, 1.54) is 12.2 Å². The van der Waals surface area contributed by atoms with Gasteiger partial charge in [-0.25, -0.2) is 8.78 Å². The summed E-state index contributed by atoms with van der Waals surface area (Å²) in [4.78, 5) is 37.8. The number of ether oxygens (including phenoxy) is 1. The molecule has 4 aliphatic rings. The van der Waals surface area contributed by atoms with Crippen molar-refractivity contribution in [3.05, 3.63) is 23.8 Å². The fourth-order valence-corrected chi connectivity index (χ4v) is 8.42. The van der Waals surface area contributed by atoms with Gasteiger partial charge in [0.15, 0.2) is 17.1 Å². The number of hydrogen-bond donors (Lipinski definition) is 1. The minimum absolute atomic E-state index is 0.0485. The number of ketones is 1. The Hall–Kier alpha value is -1.54. The highest BCUT2D eigenvalue weighted by Crippen LogP contribution is 2.71. The van der Waals surface area contributed by atoms with Crippen molar-refractivity contribution < 1.29 is 33.0 Å². The molecule has 0 radical (unpaired) electrons. The second kappa shape index (κ2) is 8.01. The number of halogens is 2. The van der Waals surface area contributed by atoms with Crippen LogP contribution in [-0.2, 0) is 19.1 Å². The number of aliphatic hydroxyl groups excluding tert-OH is 1. The SMILES string of the molecule is CCC(=O)O[C@]1(C(=O)SCF)[C@@H](C)CC2C3CCC4=CC(=O)C=C[C@]4(C)[C@@]3(F)[C@@H](O)C[C@@]21C. The second-order valence-corrected chi connectivity index (χ2v) is 11.4. The average Bonchev–Trinajstić information content (AvgIpc) is 2.97. The van der Waals surface area contributed by atoms with E-state index >= 15 is 4.39 Å². The molecule has 8 atom stereocenters. The largest absolute Gasteiger partial charge is 0.449 e. The molecule has 3 fully saturated rings. The van der Waals surface area contributed by atoms with Crippen molar-refractivity contribution in [1.29, 1.82) is 0 Å². The first kappa shape index (κ1) is 24.6. The Kier molecular flexibility index (Phi) is 5.96. The van der Waals surface area contributed by atoms with Gasteiger partial charge < -0.3 is 9.84 Å². The minimum atomic E-state index is -2.04. The van der Waals surface area contributed by atoms with Gasteiger partial charge >= 0.3 is 5.97 Å². The molecule has 182 valence electrons. The summed E-state index contributed by atoms with van der Waals surface area (Å²) in [5.74, 6) is -2.19. The molecule has 4 aliphatic carbocycles. The van der Waals surface area contributed by atoms with Crippen molar-refractivity contribution in [2.75, 3.05) is 6.01 Å². The van der Waals surface area contributed by atoms with Crippen molar-refractivity contribution >= 4 is 28.6 Å². The van der Waals surface area contributed by atoms with E-state index in [9.17, 15) is 23.9 Å². The molecule has 0 bridgehead atoms. The van der Waals surface area contributed by atoms with Crippen molar-refractivity contribution in [2.24, 2.45) is 28.6 Å². The lowest BCUT2D eigenvalue weighted by Gasteiger charge is -2.62. The molecule has 5 nitrogen and oxygen atoms in total. The highest BCUT2D eigenvalue weighted by Gasteiger charge is 2.77. The van der Waals surface area contributed by atoms with E-state index in [1.807, 2.05) is 0 Å². The molecule has 8 heteroatoms. The third-order valence-corrected chi connectivity index (χ3v) is 9.91. The fraction of sp³-hybridized carbons (Fsp3) is 0.720. The Bertz CT molecular complexity index is 949. The topological polar surface area (TPSA) is 80.7 Å². The predicted molar refractivity (Wildman–Crippen MR) is 121 cm³/mol. The standard InChI is InChI=1S/C25H32F2O5S/c1-5-20(30)32-25(21(31)33-13-26)14(2)10-18-17-7-6-15-11-16(28)8-9-22(15,3)24(17,27)19(29)12-23(18,25)4/h8-9,11,14,17-19,29H,5-7,10,12-13H2,1-4H3/t14-,17?,18?,19-,22-,23-,24-,25-/m0/s1. The summed E-state index contributed by atoms with van der Waals surface area (Å²) in [5.41, 5.74) is -5.20.